The van der Waals surface area contributed by atoms with Crippen molar-refractivity contribution in [2.75, 3.05) is 18.9 Å². The Kier molecular flexibility index (Phi) is 4.67. The quantitative estimate of drug-likeness (QED) is 0.524. The van der Waals surface area contributed by atoms with Gasteiger partial charge in [0.1, 0.15) is 12.4 Å². The maximum atomic E-state index is 13.3. The Morgan fingerprint density at radius 1 is 1.47 bits per heavy atom. The summed E-state index contributed by atoms with van der Waals surface area (Å²) >= 11 is 0. The first-order chi connectivity index (χ1) is 8.74. The highest BCUT2D eigenvalue weighted by Gasteiger charge is 2.17. The van der Waals surface area contributed by atoms with Crippen LogP contribution in [0.3, 0.4) is 0 Å². The minimum atomic E-state index is -3.85. The smallest absolute Gasteiger partial charge is 0.404 e. The van der Waals surface area contributed by atoms with Crippen LogP contribution in [-0.4, -0.2) is 27.7 Å². The van der Waals surface area contributed by atoms with E-state index in [1.54, 1.807) is 0 Å². The second-order valence-corrected chi connectivity index (χ2v) is 5.48. The van der Waals surface area contributed by atoms with E-state index in [4.69, 9.17) is 11.5 Å². The van der Waals surface area contributed by atoms with Crippen LogP contribution in [0.25, 0.3) is 0 Å². The third-order valence-corrected chi connectivity index (χ3v) is 3.65. The number of sulfonamides is 1. The molecule has 19 heavy (non-hydrogen) atoms. The minimum Gasteiger partial charge on any atom is -0.448 e. The van der Waals surface area contributed by atoms with E-state index < -0.39 is 21.9 Å². The zero-order valence-electron chi connectivity index (χ0n) is 10.1. The fourth-order valence-corrected chi connectivity index (χ4v) is 2.46. The predicted molar refractivity (Wildman–Crippen MR) is 66.3 cm³/mol. The van der Waals surface area contributed by atoms with Crippen molar-refractivity contribution in [2.24, 2.45) is 5.73 Å². The molecule has 0 heterocycles. The Balaban J connectivity index is 2.80. The number of carbonyl (C=O) groups is 1. The van der Waals surface area contributed by atoms with Gasteiger partial charge in [-0.2, -0.15) is 0 Å². The third kappa shape index (κ3) is 4.07. The molecule has 0 atom stereocenters. The number of anilines is 1. The number of nitrogens with two attached hydrogens (primary N) is 2. The van der Waals surface area contributed by atoms with Gasteiger partial charge < -0.3 is 16.2 Å². The van der Waals surface area contributed by atoms with Crippen LogP contribution in [0.1, 0.15) is 5.56 Å². The summed E-state index contributed by atoms with van der Waals surface area (Å²) in [6, 6.07) is 2.17. The van der Waals surface area contributed by atoms with E-state index in [2.05, 4.69) is 9.46 Å². The van der Waals surface area contributed by atoms with Gasteiger partial charge >= 0.3 is 6.09 Å². The van der Waals surface area contributed by atoms with Crippen molar-refractivity contribution < 1.29 is 22.3 Å². The highest BCUT2D eigenvalue weighted by Crippen LogP contribution is 2.20. The summed E-state index contributed by atoms with van der Waals surface area (Å²) in [5, 5.41) is 0. The highest BCUT2D eigenvalue weighted by molar-refractivity contribution is 7.89. The molecule has 0 aliphatic heterocycles. The number of aryl methyl sites for hydroxylation is 1. The second kappa shape index (κ2) is 5.85. The molecule has 0 saturated heterocycles. The van der Waals surface area contributed by atoms with E-state index in [9.17, 15) is 17.6 Å². The first kappa shape index (κ1) is 15.2. The van der Waals surface area contributed by atoms with Crippen molar-refractivity contribution in [3.05, 3.63) is 23.5 Å². The Labute approximate surface area is 109 Å². The number of ether oxygens (including phenoxy) is 1. The van der Waals surface area contributed by atoms with Crippen molar-refractivity contribution in [3.63, 3.8) is 0 Å². The Morgan fingerprint density at radius 2 is 2.11 bits per heavy atom. The number of nitrogens with one attached hydrogen (secondary N) is 1. The van der Waals surface area contributed by atoms with E-state index in [0.717, 1.165) is 12.1 Å². The summed E-state index contributed by atoms with van der Waals surface area (Å²) in [5.74, 6) is -0.656. The van der Waals surface area contributed by atoms with Gasteiger partial charge in [0, 0.05) is 6.54 Å². The molecular formula is C10H14FN3O4S. The van der Waals surface area contributed by atoms with Gasteiger partial charge in [0.05, 0.1) is 10.6 Å². The summed E-state index contributed by atoms with van der Waals surface area (Å²) in [6.45, 7) is 1.05. The molecule has 1 aromatic carbocycles. The highest BCUT2D eigenvalue weighted by atomic mass is 32.2. The van der Waals surface area contributed by atoms with E-state index in [-0.39, 0.29) is 29.3 Å². The maximum Gasteiger partial charge on any atom is 0.404 e. The number of amides is 1. The fraction of sp³-hybridized carbons (Fsp3) is 0.300. The van der Waals surface area contributed by atoms with Gasteiger partial charge in [-0.1, -0.05) is 0 Å². The molecule has 0 fully saturated rings. The van der Waals surface area contributed by atoms with E-state index in [0.29, 0.717) is 0 Å². The number of benzene rings is 1. The molecule has 1 aromatic rings. The number of halogens is 1. The van der Waals surface area contributed by atoms with E-state index >= 15 is 0 Å². The van der Waals surface area contributed by atoms with Gasteiger partial charge in [-0.15, -0.1) is 0 Å². The maximum absolute atomic E-state index is 13.3. The third-order valence-electron chi connectivity index (χ3n) is 2.20. The van der Waals surface area contributed by atoms with Crippen molar-refractivity contribution in [3.8, 4) is 0 Å². The molecule has 0 radical (unpaired) electrons. The normalized spacial score (nSPS) is 11.3. The summed E-state index contributed by atoms with van der Waals surface area (Å²) in [6.07, 6.45) is -0.999. The van der Waals surface area contributed by atoms with Gasteiger partial charge in [-0.3, -0.25) is 0 Å². The number of hydrogen-bond acceptors (Lipinski definition) is 5. The van der Waals surface area contributed by atoms with Gasteiger partial charge in [0.15, 0.2) is 0 Å². The average Bonchev–Trinajstić information content (AvgIpc) is 2.31. The molecule has 0 spiro atoms. The lowest BCUT2D eigenvalue weighted by Gasteiger charge is -2.09. The van der Waals surface area contributed by atoms with Crippen molar-refractivity contribution in [1.82, 2.24) is 4.72 Å². The van der Waals surface area contributed by atoms with Crippen molar-refractivity contribution >= 4 is 21.8 Å². The topological polar surface area (TPSA) is 125 Å². The zero-order valence-corrected chi connectivity index (χ0v) is 11.0. The standard InChI is InChI=1S/C10H14FN3O4S/c1-6-4-7(5-8(12)9(6)11)19(16,17)14-2-3-18-10(13)15/h4-5,14H,2-3,12H2,1H3,(H2,13,15). The van der Waals surface area contributed by atoms with Gasteiger partial charge in [0.2, 0.25) is 10.0 Å². The molecule has 0 saturated carbocycles. The van der Waals surface area contributed by atoms with Crippen LogP contribution in [0.15, 0.2) is 17.0 Å². The molecule has 1 rings (SSSR count). The van der Waals surface area contributed by atoms with E-state index in [1.165, 1.54) is 6.92 Å². The summed E-state index contributed by atoms with van der Waals surface area (Å²) < 4.78 is 43.5. The monoisotopic (exact) mass is 291 g/mol. The number of rotatable bonds is 5. The SMILES string of the molecule is Cc1cc(S(=O)(=O)NCCOC(N)=O)cc(N)c1F. The summed E-state index contributed by atoms with van der Waals surface area (Å²) in [4.78, 5) is 10.1. The number of hydrogen-bond donors (Lipinski definition) is 3. The average molecular weight is 291 g/mol. The Hall–Kier alpha value is -1.87. The van der Waals surface area contributed by atoms with E-state index in [1.807, 2.05) is 0 Å². The number of primary amides is 1. The molecule has 0 unspecified atom stereocenters. The molecule has 9 heteroatoms. The van der Waals surface area contributed by atoms with Crippen LogP contribution in [0, 0.1) is 12.7 Å². The molecule has 0 aromatic heterocycles. The molecule has 0 aliphatic rings. The largest absolute Gasteiger partial charge is 0.448 e. The molecule has 0 aliphatic carbocycles. The zero-order chi connectivity index (χ0) is 14.6. The van der Waals surface area contributed by atoms with Crippen molar-refractivity contribution in [1.29, 1.82) is 0 Å². The van der Waals surface area contributed by atoms with Crippen LogP contribution in [0.5, 0.6) is 0 Å². The van der Waals surface area contributed by atoms with Gasteiger partial charge in [-0.05, 0) is 24.6 Å². The number of carbonyl (C=O) groups excluding carboxylic acids is 1. The van der Waals surface area contributed by atoms with Gasteiger partial charge in [0.25, 0.3) is 0 Å². The lowest BCUT2D eigenvalue weighted by molar-refractivity contribution is 0.159. The van der Waals surface area contributed by atoms with Crippen molar-refractivity contribution in [2.45, 2.75) is 11.8 Å². The first-order valence-electron chi connectivity index (χ1n) is 5.21. The molecular weight excluding hydrogens is 277 g/mol. The molecule has 7 nitrogen and oxygen atoms in total. The van der Waals surface area contributed by atoms with Crippen LogP contribution in [0.2, 0.25) is 0 Å². The summed E-state index contributed by atoms with van der Waals surface area (Å²) in [5.41, 5.74) is 9.94. The summed E-state index contributed by atoms with van der Waals surface area (Å²) in [7, 11) is -3.85. The molecule has 106 valence electrons. The predicted octanol–water partition coefficient (Wildman–Crippen LogP) is 0.0899. The fourth-order valence-electron chi connectivity index (χ4n) is 1.33. The lowest BCUT2D eigenvalue weighted by atomic mass is 10.2. The molecule has 5 N–H and O–H groups in total. The Bertz CT molecular complexity index is 565. The second-order valence-electron chi connectivity index (χ2n) is 3.71. The van der Waals surface area contributed by atoms with Crippen LogP contribution in [-0.2, 0) is 14.8 Å². The first-order valence-corrected chi connectivity index (χ1v) is 6.70. The van der Waals surface area contributed by atoms with Crippen LogP contribution >= 0.6 is 0 Å². The van der Waals surface area contributed by atoms with Crippen LogP contribution < -0.4 is 16.2 Å². The van der Waals surface area contributed by atoms with Gasteiger partial charge in [-0.25, -0.2) is 22.3 Å². The minimum absolute atomic E-state index is 0.119. The number of nitrogen functional groups attached to an aromatic ring is 1. The lowest BCUT2D eigenvalue weighted by Crippen LogP contribution is -2.29. The van der Waals surface area contributed by atoms with Crippen LogP contribution in [0.4, 0.5) is 14.9 Å². The Morgan fingerprint density at radius 3 is 2.63 bits per heavy atom. The molecule has 0 bridgehead atoms. The molecule has 1 amide bonds.